The third-order valence-corrected chi connectivity index (χ3v) is 8.71. The van der Waals surface area contributed by atoms with E-state index in [9.17, 15) is 14.4 Å². The number of carbonyl (C=O) groups excluding carboxylic acids is 3. The molecule has 5 rings (SSSR count). The summed E-state index contributed by atoms with van der Waals surface area (Å²) in [5, 5.41) is 2.89. The van der Waals surface area contributed by atoms with Gasteiger partial charge in [-0.3, -0.25) is 4.79 Å². The third-order valence-electron chi connectivity index (χ3n) is 8.71. The molecule has 0 aromatic heterocycles. The molecule has 2 aromatic rings. The fourth-order valence-electron chi connectivity index (χ4n) is 6.34. The van der Waals surface area contributed by atoms with Crippen molar-refractivity contribution < 1.29 is 28.6 Å². The lowest BCUT2D eigenvalue weighted by atomic mass is 9.85. The van der Waals surface area contributed by atoms with Crippen LogP contribution in [-0.4, -0.2) is 61.5 Å². The maximum absolute atomic E-state index is 13.7. The number of fused-ring (bicyclic) bond motifs is 3. The van der Waals surface area contributed by atoms with Gasteiger partial charge in [-0.2, -0.15) is 0 Å². The van der Waals surface area contributed by atoms with Crippen LogP contribution in [-0.2, 0) is 19.0 Å². The molecule has 2 aromatic carbocycles. The zero-order valence-corrected chi connectivity index (χ0v) is 24.6. The van der Waals surface area contributed by atoms with Gasteiger partial charge in [-0.15, -0.1) is 0 Å². The molecule has 0 atom stereocenters. The highest BCUT2D eigenvalue weighted by atomic mass is 16.6. The minimum atomic E-state index is -0.643. The SMILES string of the molecule is COC(=O)C1(CN(C(=O)OCC2c3ccccc3-c3ccccc32)C2CCC(CNC(=O)OC(C)(C)C)CC2)CC1. The molecule has 41 heavy (non-hydrogen) atoms. The molecule has 8 nitrogen and oxygen atoms in total. The van der Waals surface area contributed by atoms with Gasteiger partial charge < -0.3 is 24.4 Å². The van der Waals surface area contributed by atoms with Crippen molar-refractivity contribution in [3.63, 3.8) is 0 Å². The van der Waals surface area contributed by atoms with E-state index in [-0.39, 0.29) is 30.6 Å². The molecule has 3 aliphatic carbocycles. The summed E-state index contributed by atoms with van der Waals surface area (Å²) in [6.07, 6.45) is 3.91. The summed E-state index contributed by atoms with van der Waals surface area (Å²) in [5.41, 5.74) is 3.52. The Balaban J connectivity index is 1.24. The van der Waals surface area contributed by atoms with Crippen LogP contribution in [0, 0.1) is 11.3 Å². The Morgan fingerprint density at radius 3 is 2.05 bits per heavy atom. The van der Waals surface area contributed by atoms with Gasteiger partial charge in [0.25, 0.3) is 0 Å². The highest BCUT2D eigenvalue weighted by Crippen LogP contribution is 2.49. The molecule has 0 radical (unpaired) electrons. The summed E-state index contributed by atoms with van der Waals surface area (Å²) >= 11 is 0. The van der Waals surface area contributed by atoms with Crippen LogP contribution >= 0.6 is 0 Å². The predicted molar refractivity (Wildman–Crippen MR) is 155 cm³/mol. The lowest BCUT2D eigenvalue weighted by Gasteiger charge is -2.38. The zero-order valence-electron chi connectivity index (χ0n) is 24.6. The molecule has 2 amide bonds. The lowest BCUT2D eigenvalue weighted by molar-refractivity contribution is -0.148. The summed E-state index contributed by atoms with van der Waals surface area (Å²) < 4.78 is 16.5. The number of esters is 1. The maximum Gasteiger partial charge on any atom is 0.410 e. The quantitative estimate of drug-likeness (QED) is 0.301. The van der Waals surface area contributed by atoms with Crippen molar-refractivity contribution in [2.24, 2.45) is 11.3 Å². The Kier molecular flexibility index (Phi) is 8.30. The second-order valence-corrected chi connectivity index (χ2v) is 12.8. The minimum Gasteiger partial charge on any atom is -0.469 e. The summed E-state index contributed by atoms with van der Waals surface area (Å²) in [5.74, 6) is 0.0150. The first-order valence-corrected chi connectivity index (χ1v) is 14.8. The molecule has 8 heteroatoms. The van der Waals surface area contributed by atoms with Gasteiger partial charge in [0.05, 0.1) is 12.5 Å². The number of amides is 2. The molecular formula is C33H42N2O6. The monoisotopic (exact) mass is 562 g/mol. The number of nitrogens with one attached hydrogen (secondary N) is 1. The highest BCUT2D eigenvalue weighted by Gasteiger charge is 2.54. The summed E-state index contributed by atoms with van der Waals surface area (Å²) in [7, 11) is 1.41. The van der Waals surface area contributed by atoms with E-state index < -0.39 is 17.1 Å². The van der Waals surface area contributed by atoms with Crippen LogP contribution in [0.3, 0.4) is 0 Å². The van der Waals surface area contributed by atoms with Crippen LogP contribution < -0.4 is 5.32 Å². The van der Waals surface area contributed by atoms with Crippen molar-refractivity contribution in [2.75, 3.05) is 26.8 Å². The lowest BCUT2D eigenvalue weighted by Crippen LogP contribution is -2.48. The summed E-state index contributed by atoms with van der Waals surface area (Å²) in [6, 6.07) is 16.5. The number of rotatable bonds is 8. The van der Waals surface area contributed by atoms with Gasteiger partial charge in [-0.1, -0.05) is 48.5 Å². The van der Waals surface area contributed by atoms with Crippen molar-refractivity contribution in [3.8, 4) is 11.1 Å². The second kappa shape index (κ2) is 11.7. The van der Waals surface area contributed by atoms with Gasteiger partial charge in [-0.05, 0) is 87.5 Å². The predicted octanol–water partition coefficient (Wildman–Crippen LogP) is 6.27. The fourth-order valence-corrected chi connectivity index (χ4v) is 6.34. The summed E-state index contributed by atoms with van der Waals surface area (Å²) in [6.45, 7) is 6.62. The number of nitrogens with zero attached hydrogens (tertiary/aromatic N) is 1. The molecule has 220 valence electrons. The molecule has 0 saturated heterocycles. The first-order chi connectivity index (χ1) is 19.6. The summed E-state index contributed by atoms with van der Waals surface area (Å²) in [4.78, 5) is 40.3. The maximum atomic E-state index is 13.7. The third kappa shape index (κ3) is 6.52. The van der Waals surface area contributed by atoms with Gasteiger partial charge in [-0.25, -0.2) is 9.59 Å². The van der Waals surface area contributed by atoms with Crippen LogP contribution in [0.25, 0.3) is 11.1 Å². The molecule has 3 aliphatic rings. The molecule has 0 unspecified atom stereocenters. The molecular weight excluding hydrogens is 520 g/mol. The van der Waals surface area contributed by atoms with E-state index in [1.54, 1.807) is 4.90 Å². The Morgan fingerprint density at radius 2 is 1.51 bits per heavy atom. The van der Waals surface area contributed by atoms with Crippen LogP contribution in [0.15, 0.2) is 48.5 Å². The number of hydrogen-bond acceptors (Lipinski definition) is 6. The number of hydrogen-bond donors (Lipinski definition) is 1. The van der Waals surface area contributed by atoms with E-state index in [2.05, 4.69) is 29.6 Å². The van der Waals surface area contributed by atoms with Crippen molar-refractivity contribution in [1.29, 1.82) is 0 Å². The average molecular weight is 563 g/mol. The number of methoxy groups -OCH3 is 1. The fraction of sp³-hybridized carbons (Fsp3) is 0.545. The number of benzene rings is 2. The average Bonchev–Trinajstić information content (AvgIpc) is 3.68. The van der Waals surface area contributed by atoms with Gasteiger partial charge in [0.1, 0.15) is 12.2 Å². The highest BCUT2D eigenvalue weighted by molar-refractivity contribution is 5.81. The standard InChI is InChI=1S/C33H42N2O6/c1-32(2,3)41-30(37)34-19-22-13-15-23(16-14-22)35(21-33(17-18-33)29(36)39-4)31(38)40-20-28-26-11-7-5-9-24(26)25-10-6-8-12-27(25)28/h5-12,22-23,28H,13-21H2,1-4H3,(H,34,37). The number of carbonyl (C=O) groups is 3. The normalized spacial score (nSPS) is 20.8. The Bertz CT molecular complexity index is 1230. The largest absolute Gasteiger partial charge is 0.469 e. The van der Waals surface area contributed by atoms with Crippen LogP contribution in [0.2, 0.25) is 0 Å². The Hall–Kier alpha value is -3.55. The minimum absolute atomic E-state index is 0.0293. The number of ether oxygens (including phenoxy) is 3. The zero-order chi connectivity index (χ0) is 29.2. The van der Waals surface area contributed by atoms with Gasteiger partial charge in [0, 0.05) is 25.0 Å². The molecule has 1 N–H and O–H groups in total. The Labute approximate surface area is 242 Å². The van der Waals surface area contributed by atoms with E-state index in [1.165, 1.54) is 29.4 Å². The number of alkyl carbamates (subject to hydrolysis) is 1. The first-order valence-electron chi connectivity index (χ1n) is 14.8. The van der Waals surface area contributed by atoms with Crippen molar-refractivity contribution in [2.45, 2.75) is 76.9 Å². The van der Waals surface area contributed by atoms with E-state index in [4.69, 9.17) is 14.2 Å². The molecule has 2 fully saturated rings. The molecule has 2 saturated carbocycles. The second-order valence-electron chi connectivity index (χ2n) is 12.8. The van der Waals surface area contributed by atoms with Gasteiger partial charge >= 0.3 is 18.2 Å². The van der Waals surface area contributed by atoms with Gasteiger partial charge in [0.2, 0.25) is 0 Å². The smallest absolute Gasteiger partial charge is 0.410 e. The molecule has 0 heterocycles. The van der Waals surface area contributed by atoms with Crippen LogP contribution in [0.1, 0.15) is 76.3 Å². The van der Waals surface area contributed by atoms with Crippen molar-refractivity contribution in [1.82, 2.24) is 10.2 Å². The van der Waals surface area contributed by atoms with Crippen molar-refractivity contribution >= 4 is 18.2 Å². The topological polar surface area (TPSA) is 94.2 Å². The van der Waals surface area contributed by atoms with E-state index in [0.717, 1.165) is 25.7 Å². The van der Waals surface area contributed by atoms with E-state index in [1.807, 2.05) is 45.0 Å². The first kappa shape index (κ1) is 29.0. The van der Waals surface area contributed by atoms with E-state index in [0.29, 0.717) is 31.8 Å². The molecule has 0 aliphatic heterocycles. The van der Waals surface area contributed by atoms with Crippen LogP contribution in [0.5, 0.6) is 0 Å². The Morgan fingerprint density at radius 1 is 0.927 bits per heavy atom. The van der Waals surface area contributed by atoms with Crippen molar-refractivity contribution in [3.05, 3.63) is 59.7 Å². The molecule has 0 spiro atoms. The molecule has 0 bridgehead atoms. The van der Waals surface area contributed by atoms with Crippen LogP contribution in [0.4, 0.5) is 9.59 Å². The van der Waals surface area contributed by atoms with Gasteiger partial charge in [0.15, 0.2) is 0 Å². The van der Waals surface area contributed by atoms with E-state index >= 15 is 0 Å².